The van der Waals surface area contributed by atoms with Gasteiger partial charge in [0.25, 0.3) is 0 Å². The largest absolute Gasteiger partial charge is 0.306 e. The molecule has 0 spiro atoms. The van der Waals surface area contributed by atoms with E-state index in [-0.39, 0.29) is 0 Å². The Morgan fingerprint density at radius 3 is 2.64 bits per heavy atom. The molecule has 4 nitrogen and oxygen atoms in total. The molecular formula is C18H22N4. The molecule has 22 heavy (non-hydrogen) atoms. The standard InChI is InChI=1S/C18H22N4/c1-2-10-18(22-14-16-8-4-6-12-20-16)17(9-1)21-13-15-7-3-5-11-19-15/h3-8,11-13,17-18,22H,1-2,9-10,14H2/t17-,18-/m1/s1. The predicted octanol–water partition coefficient (Wildman–Crippen LogP) is 3.00. The van der Waals surface area contributed by atoms with Gasteiger partial charge in [-0.1, -0.05) is 25.0 Å². The number of hydrogen-bond acceptors (Lipinski definition) is 4. The third-order valence-corrected chi connectivity index (χ3v) is 4.09. The van der Waals surface area contributed by atoms with Crippen molar-refractivity contribution in [3.05, 3.63) is 60.2 Å². The molecule has 1 saturated carbocycles. The van der Waals surface area contributed by atoms with Gasteiger partial charge in [0.15, 0.2) is 0 Å². The second kappa shape index (κ2) is 7.80. The summed E-state index contributed by atoms with van der Waals surface area (Å²) in [7, 11) is 0. The first kappa shape index (κ1) is 14.9. The molecule has 4 heteroatoms. The Balaban J connectivity index is 1.60. The topological polar surface area (TPSA) is 50.2 Å². The third-order valence-electron chi connectivity index (χ3n) is 4.09. The Morgan fingerprint density at radius 2 is 1.86 bits per heavy atom. The Hall–Kier alpha value is -2.07. The average molecular weight is 294 g/mol. The molecule has 2 atom stereocenters. The highest BCUT2D eigenvalue weighted by atomic mass is 15.0. The van der Waals surface area contributed by atoms with E-state index in [4.69, 9.17) is 4.99 Å². The minimum atomic E-state index is 0.333. The number of nitrogens with zero attached hydrogens (tertiary/aromatic N) is 3. The van der Waals surface area contributed by atoms with Gasteiger partial charge in [-0.15, -0.1) is 0 Å². The van der Waals surface area contributed by atoms with Gasteiger partial charge >= 0.3 is 0 Å². The lowest BCUT2D eigenvalue weighted by Crippen LogP contribution is -2.41. The first-order valence-electron chi connectivity index (χ1n) is 7.99. The van der Waals surface area contributed by atoms with Gasteiger partial charge in [-0.2, -0.15) is 0 Å². The number of hydrogen-bond donors (Lipinski definition) is 1. The molecular weight excluding hydrogens is 272 g/mol. The van der Waals surface area contributed by atoms with Crippen LogP contribution in [0.15, 0.2) is 53.8 Å². The van der Waals surface area contributed by atoms with Crippen molar-refractivity contribution in [2.75, 3.05) is 0 Å². The summed E-state index contributed by atoms with van der Waals surface area (Å²) in [6.45, 7) is 0.807. The van der Waals surface area contributed by atoms with Gasteiger partial charge < -0.3 is 5.32 Å². The lowest BCUT2D eigenvalue weighted by molar-refractivity contribution is 0.328. The smallest absolute Gasteiger partial charge is 0.0807 e. The molecule has 3 rings (SSSR count). The summed E-state index contributed by atoms with van der Waals surface area (Å²) in [4.78, 5) is 13.4. The fourth-order valence-corrected chi connectivity index (χ4v) is 2.89. The Morgan fingerprint density at radius 1 is 1.05 bits per heavy atom. The molecule has 1 fully saturated rings. The van der Waals surface area contributed by atoms with Gasteiger partial charge in [0.2, 0.25) is 0 Å². The number of rotatable bonds is 5. The molecule has 1 N–H and O–H groups in total. The van der Waals surface area contributed by atoms with Crippen LogP contribution < -0.4 is 5.32 Å². The summed E-state index contributed by atoms with van der Waals surface area (Å²) in [5.74, 6) is 0. The Kier molecular flexibility index (Phi) is 5.27. The molecule has 2 aromatic heterocycles. The molecule has 0 amide bonds. The van der Waals surface area contributed by atoms with Crippen LogP contribution in [0.3, 0.4) is 0 Å². The maximum absolute atomic E-state index is 4.78. The molecule has 0 unspecified atom stereocenters. The summed E-state index contributed by atoms with van der Waals surface area (Å²) in [5.41, 5.74) is 2.01. The van der Waals surface area contributed by atoms with Gasteiger partial charge in [-0.05, 0) is 37.1 Å². The Bertz CT molecular complexity index is 583. The van der Waals surface area contributed by atoms with Gasteiger partial charge in [-0.25, -0.2) is 0 Å². The summed E-state index contributed by atoms with van der Waals surface area (Å²) < 4.78 is 0. The van der Waals surface area contributed by atoms with Crippen molar-refractivity contribution in [2.45, 2.75) is 44.3 Å². The van der Waals surface area contributed by atoms with Gasteiger partial charge in [0, 0.05) is 31.2 Å². The zero-order valence-electron chi connectivity index (χ0n) is 12.7. The van der Waals surface area contributed by atoms with Crippen LogP contribution in [0.1, 0.15) is 37.1 Å². The first-order valence-corrected chi connectivity index (χ1v) is 7.99. The minimum Gasteiger partial charge on any atom is -0.306 e. The van der Waals surface area contributed by atoms with Crippen LogP contribution in [0.5, 0.6) is 0 Å². The van der Waals surface area contributed by atoms with Gasteiger partial charge in [-0.3, -0.25) is 15.0 Å². The van der Waals surface area contributed by atoms with Crippen molar-refractivity contribution in [2.24, 2.45) is 4.99 Å². The summed E-state index contributed by atoms with van der Waals surface area (Å²) in [6, 6.07) is 12.7. The van der Waals surface area contributed by atoms with Crippen LogP contribution >= 0.6 is 0 Å². The van der Waals surface area contributed by atoms with Crippen molar-refractivity contribution in [3.8, 4) is 0 Å². The van der Waals surface area contributed by atoms with E-state index in [1.807, 2.05) is 42.7 Å². The highest BCUT2D eigenvalue weighted by Gasteiger charge is 2.23. The van der Waals surface area contributed by atoms with E-state index in [2.05, 4.69) is 21.4 Å². The van der Waals surface area contributed by atoms with Crippen molar-refractivity contribution < 1.29 is 0 Å². The fourth-order valence-electron chi connectivity index (χ4n) is 2.89. The van der Waals surface area contributed by atoms with E-state index in [0.29, 0.717) is 12.1 Å². The van der Waals surface area contributed by atoms with Crippen molar-refractivity contribution in [3.63, 3.8) is 0 Å². The zero-order chi connectivity index (χ0) is 15.0. The van der Waals surface area contributed by atoms with Crippen LogP contribution in [0.4, 0.5) is 0 Å². The van der Waals surface area contributed by atoms with E-state index in [9.17, 15) is 0 Å². The average Bonchev–Trinajstić information content (AvgIpc) is 2.61. The van der Waals surface area contributed by atoms with Crippen molar-refractivity contribution in [1.82, 2.24) is 15.3 Å². The number of aromatic nitrogens is 2. The highest BCUT2D eigenvalue weighted by molar-refractivity contribution is 5.76. The molecule has 0 saturated heterocycles. The molecule has 2 heterocycles. The van der Waals surface area contributed by atoms with Crippen LogP contribution in [0, 0.1) is 0 Å². The molecule has 114 valence electrons. The Labute approximate surface area is 131 Å². The quantitative estimate of drug-likeness (QED) is 0.862. The van der Waals surface area contributed by atoms with Crippen LogP contribution in [-0.4, -0.2) is 28.3 Å². The molecule has 1 aliphatic rings. The van der Waals surface area contributed by atoms with E-state index < -0.39 is 0 Å². The molecule has 0 aromatic carbocycles. The van der Waals surface area contributed by atoms with Gasteiger partial charge in [0.1, 0.15) is 0 Å². The van der Waals surface area contributed by atoms with Crippen molar-refractivity contribution >= 4 is 6.21 Å². The van der Waals surface area contributed by atoms with Crippen molar-refractivity contribution in [1.29, 1.82) is 0 Å². The van der Waals surface area contributed by atoms with Crippen LogP contribution in [-0.2, 0) is 6.54 Å². The van der Waals surface area contributed by atoms with E-state index >= 15 is 0 Å². The second-order valence-corrected chi connectivity index (χ2v) is 5.69. The maximum atomic E-state index is 4.78. The maximum Gasteiger partial charge on any atom is 0.0807 e. The molecule has 0 aliphatic heterocycles. The summed E-state index contributed by atoms with van der Waals surface area (Å²) in [5, 5.41) is 3.63. The lowest BCUT2D eigenvalue weighted by atomic mass is 9.90. The lowest BCUT2D eigenvalue weighted by Gasteiger charge is -2.29. The monoisotopic (exact) mass is 294 g/mol. The SMILES string of the molecule is C(=N[C@@H]1CCCC[C@H]1NCc1ccccn1)c1ccccn1. The number of pyridine rings is 2. The fraction of sp³-hybridized carbons (Fsp3) is 0.389. The van der Waals surface area contributed by atoms with Crippen LogP contribution in [0.25, 0.3) is 0 Å². The first-order chi connectivity index (χ1) is 10.9. The predicted molar refractivity (Wildman–Crippen MR) is 89.0 cm³/mol. The summed E-state index contributed by atoms with van der Waals surface area (Å²) >= 11 is 0. The van der Waals surface area contributed by atoms with Gasteiger partial charge in [0.05, 0.1) is 17.4 Å². The van der Waals surface area contributed by atoms with Crippen LogP contribution in [0.2, 0.25) is 0 Å². The number of aliphatic imine (C=N–C) groups is 1. The molecule has 2 aromatic rings. The second-order valence-electron chi connectivity index (χ2n) is 5.69. The molecule has 0 bridgehead atoms. The molecule has 0 radical (unpaired) electrons. The van der Waals surface area contributed by atoms with E-state index in [0.717, 1.165) is 24.4 Å². The zero-order valence-corrected chi connectivity index (χ0v) is 12.7. The minimum absolute atomic E-state index is 0.333. The normalized spacial score (nSPS) is 22.0. The number of nitrogens with one attached hydrogen (secondary N) is 1. The summed E-state index contributed by atoms with van der Waals surface area (Å²) in [6.07, 6.45) is 10.4. The van der Waals surface area contributed by atoms with E-state index in [1.165, 1.54) is 19.3 Å². The third kappa shape index (κ3) is 4.21. The highest BCUT2D eigenvalue weighted by Crippen LogP contribution is 2.21. The molecule has 1 aliphatic carbocycles. The van der Waals surface area contributed by atoms with E-state index in [1.54, 1.807) is 6.20 Å².